The van der Waals surface area contributed by atoms with E-state index in [-0.39, 0.29) is 17.7 Å². The van der Waals surface area contributed by atoms with E-state index < -0.39 is 5.54 Å². The highest BCUT2D eigenvalue weighted by atomic mass is 35.5. The van der Waals surface area contributed by atoms with E-state index in [4.69, 9.17) is 23.2 Å². The van der Waals surface area contributed by atoms with E-state index in [0.717, 1.165) is 5.69 Å². The number of hydrogen-bond donors (Lipinski definition) is 1. The second-order valence-electron chi connectivity index (χ2n) is 4.04. The quantitative estimate of drug-likeness (QED) is 0.839. The summed E-state index contributed by atoms with van der Waals surface area (Å²) in [6.45, 7) is 3.81. The monoisotopic (exact) mass is 274 g/mol. The molecule has 0 saturated carbocycles. The van der Waals surface area contributed by atoms with Crippen LogP contribution in [0.25, 0.3) is 0 Å². The summed E-state index contributed by atoms with van der Waals surface area (Å²) in [6.07, 6.45) is 2.23. The molecule has 1 amide bonds. The Balaban J connectivity index is 2.81. The fourth-order valence-electron chi connectivity index (χ4n) is 1.30. The van der Waals surface area contributed by atoms with Gasteiger partial charge in [0.2, 0.25) is 0 Å². The molecule has 17 heavy (non-hydrogen) atoms. The van der Waals surface area contributed by atoms with Gasteiger partial charge in [-0.2, -0.15) is 0 Å². The first-order valence-electron chi connectivity index (χ1n) is 5.44. The zero-order valence-corrected chi connectivity index (χ0v) is 11.5. The molecule has 1 aromatic heterocycles. The Morgan fingerprint density at radius 3 is 2.47 bits per heavy atom. The van der Waals surface area contributed by atoms with Crippen molar-refractivity contribution in [3.63, 3.8) is 0 Å². The van der Waals surface area contributed by atoms with Crippen molar-refractivity contribution in [3.05, 3.63) is 29.6 Å². The van der Waals surface area contributed by atoms with Crippen LogP contribution < -0.4 is 5.32 Å². The van der Waals surface area contributed by atoms with Crippen LogP contribution in [-0.2, 0) is 0 Å². The molecule has 0 spiro atoms. The molecule has 94 valence electrons. The first-order valence-corrected chi connectivity index (χ1v) is 6.51. The van der Waals surface area contributed by atoms with Crippen LogP contribution in [-0.4, -0.2) is 28.2 Å². The lowest BCUT2D eigenvalue weighted by Gasteiger charge is -2.29. The molecule has 0 saturated heterocycles. The van der Waals surface area contributed by atoms with Gasteiger partial charge in [-0.25, -0.2) is 0 Å². The number of alkyl halides is 2. The van der Waals surface area contributed by atoms with Crippen molar-refractivity contribution in [3.8, 4) is 0 Å². The topological polar surface area (TPSA) is 42.0 Å². The van der Waals surface area contributed by atoms with Gasteiger partial charge < -0.3 is 5.32 Å². The summed E-state index contributed by atoms with van der Waals surface area (Å²) in [5.74, 6) is 0.386. The Kier molecular flexibility index (Phi) is 5.22. The molecule has 3 nitrogen and oxygen atoms in total. The van der Waals surface area contributed by atoms with Crippen LogP contribution in [0.15, 0.2) is 18.3 Å². The minimum Gasteiger partial charge on any atom is -0.344 e. The molecule has 0 aliphatic carbocycles. The minimum absolute atomic E-state index is 0.194. The van der Waals surface area contributed by atoms with Gasteiger partial charge in [0.15, 0.2) is 0 Å². The van der Waals surface area contributed by atoms with Crippen molar-refractivity contribution in [2.75, 3.05) is 11.8 Å². The predicted molar refractivity (Wildman–Crippen MR) is 70.9 cm³/mol. The molecule has 0 aliphatic heterocycles. The lowest BCUT2D eigenvalue weighted by Crippen LogP contribution is -2.51. The van der Waals surface area contributed by atoms with Crippen molar-refractivity contribution in [2.45, 2.75) is 25.8 Å². The molecule has 0 fully saturated rings. The summed E-state index contributed by atoms with van der Waals surface area (Å²) < 4.78 is 0. The van der Waals surface area contributed by atoms with Crippen LogP contribution in [0.1, 0.15) is 29.4 Å². The van der Waals surface area contributed by atoms with E-state index in [2.05, 4.69) is 10.3 Å². The Hall–Kier alpha value is -0.800. The second kappa shape index (κ2) is 6.22. The number of nitrogens with zero attached hydrogens (tertiary/aromatic N) is 1. The van der Waals surface area contributed by atoms with Gasteiger partial charge in [0.05, 0.1) is 11.1 Å². The Morgan fingerprint density at radius 2 is 2.06 bits per heavy atom. The maximum Gasteiger partial charge on any atom is 0.253 e. The van der Waals surface area contributed by atoms with Gasteiger partial charge in [-0.1, -0.05) is 6.92 Å². The summed E-state index contributed by atoms with van der Waals surface area (Å²) >= 11 is 11.7. The first-order chi connectivity index (χ1) is 8.06. The molecular weight excluding hydrogens is 259 g/mol. The Labute approximate surface area is 112 Å². The van der Waals surface area contributed by atoms with Gasteiger partial charge in [0.1, 0.15) is 0 Å². The fraction of sp³-hybridized carbons (Fsp3) is 0.500. The SMILES string of the molecule is CCC(CCl)(CCl)NC(=O)c1ccc(C)nc1. The number of amides is 1. The van der Waals surface area contributed by atoms with Gasteiger partial charge in [-0.15, -0.1) is 23.2 Å². The van der Waals surface area contributed by atoms with E-state index in [0.29, 0.717) is 12.0 Å². The molecule has 0 radical (unpaired) electrons. The molecule has 1 heterocycles. The molecule has 0 bridgehead atoms. The van der Waals surface area contributed by atoms with Crippen LogP contribution in [0.5, 0.6) is 0 Å². The zero-order chi connectivity index (χ0) is 12.9. The number of aromatic nitrogens is 1. The number of carbonyl (C=O) groups is 1. The first kappa shape index (κ1) is 14.3. The maximum atomic E-state index is 12.0. The highest BCUT2D eigenvalue weighted by Crippen LogP contribution is 2.15. The van der Waals surface area contributed by atoms with Crippen molar-refractivity contribution in [1.82, 2.24) is 10.3 Å². The molecular formula is C12H16Cl2N2O. The van der Waals surface area contributed by atoms with E-state index in [1.54, 1.807) is 18.3 Å². The highest BCUT2D eigenvalue weighted by molar-refractivity contribution is 6.22. The standard InChI is InChI=1S/C12H16Cl2N2O/c1-3-12(7-13,8-14)16-11(17)10-5-4-9(2)15-6-10/h4-6H,3,7-8H2,1-2H3,(H,16,17). The van der Waals surface area contributed by atoms with Gasteiger partial charge in [-0.3, -0.25) is 9.78 Å². The number of pyridine rings is 1. The van der Waals surface area contributed by atoms with Crippen molar-refractivity contribution in [1.29, 1.82) is 0 Å². The lowest BCUT2D eigenvalue weighted by molar-refractivity contribution is 0.0913. The summed E-state index contributed by atoms with van der Waals surface area (Å²) in [5.41, 5.74) is 0.840. The van der Waals surface area contributed by atoms with E-state index in [9.17, 15) is 4.79 Å². The Morgan fingerprint density at radius 1 is 1.41 bits per heavy atom. The van der Waals surface area contributed by atoms with E-state index >= 15 is 0 Å². The van der Waals surface area contributed by atoms with Gasteiger partial charge >= 0.3 is 0 Å². The number of hydrogen-bond acceptors (Lipinski definition) is 2. The number of aryl methyl sites for hydroxylation is 1. The molecule has 1 aromatic rings. The number of carbonyl (C=O) groups excluding carboxylic acids is 1. The number of halogens is 2. The van der Waals surface area contributed by atoms with Crippen molar-refractivity contribution >= 4 is 29.1 Å². The lowest BCUT2D eigenvalue weighted by atomic mass is 10.0. The van der Waals surface area contributed by atoms with Crippen LogP contribution in [0, 0.1) is 6.92 Å². The van der Waals surface area contributed by atoms with Crippen molar-refractivity contribution < 1.29 is 4.79 Å². The fourth-order valence-corrected chi connectivity index (χ4v) is 2.09. The zero-order valence-electron chi connectivity index (χ0n) is 9.96. The normalized spacial score (nSPS) is 11.3. The van der Waals surface area contributed by atoms with Gasteiger partial charge in [0.25, 0.3) is 5.91 Å². The van der Waals surface area contributed by atoms with Crippen LogP contribution >= 0.6 is 23.2 Å². The molecule has 0 aromatic carbocycles. The van der Waals surface area contributed by atoms with Gasteiger partial charge in [0, 0.05) is 23.7 Å². The smallest absolute Gasteiger partial charge is 0.253 e. The third kappa shape index (κ3) is 3.58. The molecule has 0 unspecified atom stereocenters. The molecule has 1 N–H and O–H groups in total. The van der Waals surface area contributed by atoms with Gasteiger partial charge in [-0.05, 0) is 25.5 Å². The summed E-state index contributed by atoms with van der Waals surface area (Å²) in [5, 5.41) is 2.87. The predicted octanol–water partition coefficient (Wildman–Crippen LogP) is 2.75. The second-order valence-corrected chi connectivity index (χ2v) is 4.58. The largest absolute Gasteiger partial charge is 0.344 e. The number of rotatable bonds is 5. The van der Waals surface area contributed by atoms with E-state index in [1.807, 2.05) is 13.8 Å². The highest BCUT2D eigenvalue weighted by Gasteiger charge is 2.28. The van der Waals surface area contributed by atoms with Crippen LogP contribution in [0.3, 0.4) is 0 Å². The molecule has 0 aliphatic rings. The van der Waals surface area contributed by atoms with Crippen LogP contribution in [0.4, 0.5) is 0 Å². The van der Waals surface area contributed by atoms with E-state index in [1.165, 1.54) is 0 Å². The van der Waals surface area contributed by atoms with Crippen molar-refractivity contribution in [2.24, 2.45) is 0 Å². The molecule has 5 heteroatoms. The summed E-state index contributed by atoms with van der Waals surface area (Å²) in [7, 11) is 0. The third-order valence-corrected chi connectivity index (χ3v) is 3.76. The van der Waals surface area contributed by atoms with Crippen LogP contribution in [0.2, 0.25) is 0 Å². The maximum absolute atomic E-state index is 12.0. The summed E-state index contributed by atoms with van der Waals surface area (Å²) in [6, 6.07) is 3.53. The average Bonchev–Trinajstić information content (AvgIpc) is 2.37. The average molecular weight is 275 g/mol. The Bertz CT molecular complexity index is 366. The minimum atomic E-state index is -0.551. The number of nitrogens with one attached hydrogen (secondary N) is 1. The third-order valence-electron chi connectivity index (χ3n) is 2.74. The summed E-state index contributed by atoms with van der Waals surface area (Å²) in [4.78, 5) is 16.1. The molecule has 0 atom stereocenters. The molecule has 1 rings (SSSR count).